The molecule has 2 saturated heterocycles. The summed E-state index contributed by atoms with van der Waals surface area (Å²) in [5, 5.41) is 8.66. The number of carbonyl (C=O) groups excluding carboxylic acids is 2. The molecule has 7 heteroatoms. The molecule has 30 heavy (non-hydrogen) atoms. The molecular weight excluding hydrogens is 414 g/mol. The molecule has 5 rings (SSSR count). The van der Waals surface area contributed by atoms with Gasteiger partial charge in [0, 0.05) is 28.8 Å². The van der Waals surface area contributed by atoms with Gasteiger partial charge in [0.15, 0.2) is 0 Å². The second-order valence-corrected chi connectivity index (χ2v) is 10.6. The average Bonchev–Trinajstić information content (AvgIpc) is 3.47. The lowest BCUT2D eigenvalue weighted by Crippen LogP contribution is -2.40. The summed E-state index contributed by atoms with van der Waals surface area (Å²) >= 11 is 3.75. The van der Waals surface area contributed by atoms with Crippen LogP contribution in [-0.4, -0.2) is 46.5 Å². The monoisotopic (exact) mass is 441 g/mol. The molecular formula is C23H27N3O2S2. The summed E-state index contributed by atoms with van der Waals surface area (Å²) in [4.78, 5) is 28.2. The fraction of sp³-hybridized carbons (Fsp3) is 0.478. The maximum atomic E-state index is 13.2. The Kier molecular flexibility index (Phi) is 5.74. The number of thiophene rings is 1. The van der Waals surface area contributed by atoms with Gasteiger partial charge in [-0.25, -0.2) is 4.79 Å². The number of nitrogens with zero attached hydrogens (tertiary/aromatic N) is 1. The Bertz CT molecular complexity index is 916. The summed E-state index contributed by atoms with van der Waals surface area (Å²) in [7, 11) is 0. The van der Waals surface area contributed by atoms with E-state index in [2.05, 4.69) is 51.2 Å². The van der Waals surface area contributed by atoms with Crippen molar-refractivity contribution in [1.82, 2.24) is 15.5 Å². The van der Waals surface area contributed by atoms with E-state index < -0.39 is 0 Å². The Labute approximate surface area is 185 Å². The Hall–Kier alpha value is -1.99. The molecule has 2 N–H and O–H groups in total. The average molecular weight is 442 g/mol. The lowest BCUT2D eigenvalue weighted by molar-refractivity contribution is -0.133. The van der Waals surface area contributed by atoms with Gasteiger partial charge in [0.2, 0.25) is 5.91 Å². The topological polar surface area (TPSA) is 61.4 Å². The van der Waals surface area contributed by atoms with E-state index in [-0.39, 0.29) is 30.1 Å². The number of hydrogen-bond donors (Lipinski definition) is 2. The highest BCUT2D eigenvalue weighted by atomic mass is 32.2. The van der Waals surface area contributed by atoms with E-state index >= 15 is 0 Å². The van der Waals surface area contributed by atoms with Gasteiger partial charge in [-0.3, -0.25) is 4.79 Å². The van der Waals surface area contributed by atoms with E-state index in [9.17, 15) is 9.59 Å². The van der Waals surface area contributed by atoms with Crippen LogP contribution >= 0.6 is 23.1 Å². The highest BCUT2D eigenvalue weighted by Gasteiger charge is 2.42. The number of urea groups is 1. The first-order valence-corrected chi connectivity index (χ1v) is 12.7. The molecule has 1 aromatic heterocycles. The molecule has 3 aliphatic rings. The molecule has 0 spiro atoms. The van der Waals surface area contributed by atoms with Crippen molar-refractivity contribution in [3.05, 3.63) is 57.8 Å². The van der Waals surface area contributed by atoms with Crippen molar-refractivity contribution < 1.29 is 9.59 Å². The first kappa shape index (κ1) is 19.9. The fourth-order valence-corrected chi connectivity index (χ4v) is 7.44. The Morgan fingerprint density at radius 2 is 2.00 bits per heavy atom. The van der Waals surface area contributed by atoms with Crippen LogP contribution in [-0.2, 0) is 11.2 Å². The maximum Gasteiger partial charge on any atom is 0.315 e. The molecule has 1 aromatic carbocycles. The second kappa shape index (κ2) is 8.63. The van der Waals surface area contributed by atoms with Crippen LogP contribution in [0, 0.1) is 0 Å². The van der Waals surface area contributed by atoms with Gasteiger partial charge in [0.1, 0.15) is 0 Å². The van der Waals surface area contributed by atoms with Gasteiger partial charge >= 0.3 is 6.03 Å². The summed E-state index contributed by atoms with van der Waals surface area (Å²) < 4.78 is 0. The summed E-state index contributed by atoms with van der Waals surface area (Å²) in [5.41, 5.74) is 2.49. The van der Waals surface area contributed by atoms with Crippen molar-refractivity contribution in [3.63, 3.8) is 0 Å². The number of thioether (sulfide) groups is 1. The number of benzene rings is 1. The van der Waals surface area contributed by atoms with E-state index in [1.807, 2.05) is 17.8 Å². The molecule has 0 aliphatic carbocycles. The zero-order chi connectivity index (χ0) is 20.5. The molecule has 4 heterocycles. The quantitative estimate of drug-likeness (QED) is 0.527. The van der Waals surface area contributed by atoms with Crippen molar-refractivity contribution in [1.29, 1.82) is 0 Å². The smallest absolute Gasteiger partial charge is 0.315 e. The Balaban J connectivity index is 1.19. The predicted octanol–water partition coefficient (Wildman–Crippen LogP) is 3.95. The van der Waals surface area contributed by atoms with E-state index in [0.717, 1.165) is 38.0 Å². The molecule has 3 aliphatic heterocycles. The SMILES string of the molecule is O=C1NC2CSC(CCCCC(=O)N3CCc4sccc4C3c3ccccc3)C2N1. The number of rotatable bonds is 6. The molecule has 0 bridgehead atoms. The molecule has 4 atom stereocenters. The van der Waals surface area contributed by atoms with Crippen LogP contribution in [0.2, 0.25) is 0 Å². The minimum atomic E-state index is -0.0321. The number of amides is 3. The molecule has 2 fully saturated rings. The highest BCUT2D eigenvalue weighted by molar-refractivity contribution is 8.00. The van der Waals surface area contributed by atoms with Crippen LogP contribution in [0.25, 0.3) is 0 Å². The van der Waals surface area contributed by atoms with E-state index in [0.29, 0.717) is 11.7 Å². The van der Waals surface area contributed by atoms with Crippen molar-refractivity contribution >= 4 is 35.0 Å². The zero-order valence-electron chi connectivity index (χ0n) is 16.9. The van der Waals surface area contributed by atoms with Gasteiger partial charge in [-0.1, -0.05) is 36.8 Å². The summed E-state index contributed by atoms with van der Waals surface area (Å²) in [5.74, 6) is 1.25. The highest BCUT2D eigenvalue weighted by Crippen LogP contribution is 2.38. The van der Waals surface area contributed by atoms with Gasteiger partial charge in [0.25, 0.3) is 0 Å². The lowest BCUT2D eigenvalue weighted by atomic mass is 9.92. The largest absolute Gasteiger partial charge is 0.332 e. The molecule has 3 amide bonds. The third kappa shape index (κ3) is 3.85. The molecule has 4 unspecified atom stereocenters. The minimum absolute atomic E-state index is 0.0321. The number of unbranched alkanes of at least 4 members (excludes halogenated alkanes) is 1. The lowest BCUT2D eigenvalue weighted by Gasteiger charge is -2.36. The third-order valence-electron chi connectivity index (χ3n) is 6.47. The standard InChI is InChI=1S/C23H27N3O2S2/c27-20(9-5-4-8-19-21-17(14-30-19)24-23(28)25-21)26-12-10-18-16(11-13-29-18)22(26)15-6-2-1-3-7-15/h1-3,6-7,11,13,17,19,21-22H,4-5,8-10,12,14H2,(H2,24,25,28). The minimum Gasteiger partial charge on any atom is -0.332 e. The van der Waals surface area contributed by atoms with Crippen LogP contribution < -0.4 is 10.6 Å². The van der Waals surface area contributed by atoms with Crippen molar-refractivity contribution in [2.24, 2.45) is 0 Å². The van der Waals surface area contributed by atoms with Gasteiger partial charge in [-0.05, 0) is 41.8 Å². The van der Waals surface area contributed by atoms with E-state index in [1.54, 1.807) is 11.3 Å². The third-order valence-corrected chi connectivity index (χ3v) is 8.97. The van der Waals surface area contributed by atoms with E-state index in [1.165, 1.54) is 16.0 Å². The Morgan fingerprint density at radius 3 is 2.87 bits per heavy atom. The normalized spacial score (nSPS) is 27.3. The summed E-state index contributed by atoms with van der Waals surface area (Å²) in [6.45, 7) is 0.797. The van der Waals surface area contributed by atoms with Gasteiger partial charge < -0.3 is 15.5 Å². The summed E-state index contributed by atoms with van der Waals surface area (Å²) in [6.07, 6.45) is 4.53. The van der Waals surface area contributed by atoms with Crippen LogP contribution in [0.4, 0.5) is 4.79 Å². The maximum absolute atomic E-state index is 13.2. The first-order chi connectivity index (χ1) is 14.7. The molecule has 2 aromatic rings. The fourth-order valence-electron chi connectivity index (χ4n) is 4.99. The van der Waals surface area contributed by atoms with E-state index in [4.69, 9.17) is 0 Å². The molecule has 158 valence electrons. The molecule has 5 nitrogen and oxygen atoms in total. The van der Waals surface area contributed by atoms with Crippen LogP contribution in [0.1, 0.15) is 47.7 Å². The molecule has 0 radical (unpaired) electrons. The number of carbonyl (C=O) groups is 2. The number of nitrogens with one attached hydrogen (secondary N) is 2. The van der Waals surface area contributed by atoms with Crippen LogP contribution in [0.3, 0.4) is 0 Å². The van der Waals surface area contributed by atoms with Gasteiger partial charge in [-0.2, -0.15) is 11.8 Å². The van der Waals surface area contributed by atoms with Crippen LogP contribution in [0.5, 0.6) is 0 Å². The number of hydrogen-bond acceptors (Lipinski definition) is 4. The molecule has 0 saturated carbocycles. The summed E-state index contributed by atoms with van der Waals surface area (Å²) in [6, 6.07) is 13.1. The first-order valence-electron chi connectivity index (χ1n) is 10.8. The predicted molar refractivity (Wildman–Crippen MR) is 122 cm³/mol. The van der Waals surface area contributed by atoms with Crippen LogP contribution in [0.15, 0.2) is 41.8 Å². The van der Waals surface area contributed by atoms with Gasteiger partial charge in [-0.15, -0.1) is 11.3 Å². The Morgan fingerprint density at radius 1 is 1.13 bits per heavy atom. The van der Waals surface area contributed by atoms with Crippen molar-refractivity contribution in [3.8, 4) is 0 Å². The second-order valence-electron chi connectivity index (χ2n) is 8.32. The number of fused-ring (bicyclic) bond motifs is 2. The van der Waals surface area contributed by atoms with Gasteiger partial charge in [0.05, 0.1) is 18.1 Å². The van der Waals surface area contributed by atoms with Crippen molar-refractivity contribution in [2.75, 3.05) is 12.3 Å². The zero-order valence-corrected chi connectivity index (χ0v) is 18.5. The van der Waals surface area contributed by atoms with Crippen molar-refractivity contribution in [2.45, 2.75) is 55.5 Å².